The summed E-state index contributed by atoms with van der Waals surface area (Å²) in [7, 11) is 0. The Hall–Kier alpha value is -2.47. The van der Waals surface area contributed by atoms with Crippen LogP contribution in [0.2, 0.25) is 0 Å². The summed E-state index contributed by atoms with van der Waals surface area (Å²) in [5.41, 5.74) is 4.14. The molecule has 114 valence electrons. The van der Waals surface area contributed by atoms with E-state index < -0.39 is 0 Å². The second kappa shape index (κ2) is 4.76. The maximum Gasteiger partial charge on any atom is 0.268 e. The number of aromatic nitrogens is 3. The molecule has 0 saturated carbocycles. The summed E-state index contributed by atoms with van der Waals surface area (Å²) in [6, 6.07) is 3.83. The van der Waals surface area contributed by atoms with Gasteiger partial charge in [0.1, 0.15) is 15.2 Å². The van der Waals surface area contributed by atoms with Crippen molar-refractivity contribution >= 4 is 31.8 Å². The van der Waals surface area contributed by atoms with E-state index in [9.17, 15) is 4.79 Å². The lowest BCUT2D eigenvalue weighted by atomic mass is 9.88. The number of furan rings is 1. The van der Waals surface area contributed by atoms with E-state index in [1.165, 1.54) is 28.8 Å². The van der Waals surface area contributed by atoms with Crippen molar-refractivity contribution in [3.05, 3.63) is 46.2 Å². The maximum absolute atomic E-state index is 12.1. The van der Waals surface area contributed by atoms with Gasteiger partial charge in [0.25, 0.3) is 5.56 Å². The fraction of sp³-hybridized carbons (Fsp3) is 0.235. The van der Waals surface area contributed by atoms with E-state index in [0.29, 0.717) is 4.70 Å². The Bertz CT molecular complexity index is 1090. The minimum Gasteiger partial charge on any atom is -0.463 e. The number of nitrogens with zero attached hydrogens (tertiary/aromatic N) is 2. The molecular formula is C17H13N3O2S. The maximum atomic E-state index is 12.1. The normalized spacial score (nSPS) is 14.4. The Balaban J connectivity index is 1.97. The second-order valence-corrected chi connectivity index (χ2v) is 6.79. The van der Waals surface area contributed by atoms with Gasteiger partial charge in [0, 0.05) is 5.39 Å². The second-order valence-electron chi connectivity index (χ2n) is 5.79. The van der Waals surface area contributed by atoms with Crippen LogP contribution in [0.5, 0.6) is 0 Å². The standard InChI is InChI=1S/C17H13N3O2S/c21-16-15-14(18-8-19-16)12-9-4-1-2-5-10(9)13(20-17(12)23-15)11-6-3-7-22-11/h3,6-8H,1-2,4-5H2,(H,18,19,21). The first kappa shape index (κ1) is 13.0. The van der Waals surface area contributed by atoms with Crippen molar-refractivity contribution in [1.82, 2.24) is 15.0 Å². The fourth-order valence-electron chi connectivity index (χ4n) is 3.49. The summed E-state index contributed by atoms with van der Waals surface area (Å²) >= 11 is 1.41. The lowest BCUT2D eigenvalue weighted by molar-refractivity contribution is 0.577. The smallest absolute Gasteiger partial charge is 0.268 e. The monoisotopic (exact) mass is 323 g/mol. The van der Waals surface area contributed by atoms with Gasteiger partial charge in [-0.2, -0.15) is 0 Å². The molecule has 6 heteroatoms. The average molecular weight is 323 g/mol. The van der Waals surface area contributed by atoms with Gasteiger partial charge in [0.2, 0.25) is 0 Å². The molecule has 4 aromatic rings. The molecule has 0 aromatic carbocycles. The van der Waals surface area contributed by atoms with Crippen LogP contribution in [0.15, 0.2) is 33.9 Å². The minimum absolute atomic E-state index is 0.0953. The third kappa shape index (κ3) is 1.81. The highest BCUT2D eigenvalue weighted by atomic mass is 32.1. The zero-order valence-corrected chi connectivity index (χ0v) is 13.1. The molecule has 1 N–H and O–H groups in total. The molecule has 4 heterocycles. The summed E-state index contributed by atoms with van der Waals surface area (Å²) in [4.78, 5) is 24.9. The highest BCUT2D eigenvalue weighted by molar-refractivity contribution is 7.25. The van der Waals surface area contributed by atoms with Crippen molar-refractivity contribution < 1.29 is 4.42 Å². The van der Waals surface area contributed by atoms with Gasteiger partial charge in [-0.05, 0) is 48.9 Å². The van der Waals surface area contributed by atoms with Crippen LogP contribution in [0, 0.1) is 0 Å². The number of aryl methyl sites for hydroxylation is 1. The molecule has 0 fully saturated rings. The van der Waals surface area contributed by atoms with Crippen molar-refractivity contribution in [2.24, 2.45) is 0 Å². The van der Waals surface area contributed by atoms with Gasteiger partial charge in [0.05, 0.1) is 18.1 Å². The molecule has 0 unspecified atom stereocenters. The number of hydrogen-bond donors (Lipinski definition) is 1. The van der Waals surface area contributed by atoms with E-state index >= 15 is 0 Å². The van der Waals surface area contributed by atoms with E-state index in [0.717, 1.165) is 52.9 Å². The van der Waals surface area contributed by atoms with E-state index in [1.807, 2.05) is 12.1 Å². The van der Waals surface area contributed by atoms with Crippen LogP contribution < -0.4 is 5.56 Å². The molecule has 5 nitrogen and oxygen atoms in total. The van der Waals surface area contributed by atoms with Gasteiger partial charge in [-0.1, -0.05) is 0 Å². The molecule has 0 amide bonds. The van der Waals surface area contributed by atoms with Gasteiger partial charge in [0.15, 0.2) is 5.76 Å². The Morgan fingerprint density at radius 3 is 2.91 bits per heavy atom. The van der Waals surface area contributed by atoms with E-state index in [2.05, 4.69) is 9.97 Å². The Labute approximate surface area is 135 Å². The third-order valence-electron chi connectivity index (χ3n) is 4.48. The molecular weight excluding hydrogens is 310 g/mol. The van der Waals surface area contributed by atoms with Crippen LogP contribution in [-0.4, -0.2) is 15.0 Å². The number of nitrogens with one attached hydrogen (secondary N) is 1. The SMILES string of the molecule is O=c1[nH]cnc2c1sc1nc(-c3ccco3)c3c(c12)CCCC3. The Morgan fingerprint density at radius 2 is 2.09 bits per heavy atom. The number of H-pyrrole nitrogens is 1. The lowest BCUT2D eigenvalue weighted by Gasteiger charge is -2.19. The number of pyridine rings is 1. The van der Waals surface area contributed by atoms with E-state index in [1.54, 1.807) is 6.26 Å². The molecule has 1 aliphatic carbocycles. The molecule has 0 atom stereocenters. The highest BCUT2D eigenvalue weighted by Crippen LogP contribution is 2.40. The first-order valence-electron chi connectivity index (χ1n) is 7.68. The number of rotatable bonds is 1. The predicted molar refractivity (Wildman–Crippen MR) is 89.9 cm³/mol. The highest BCUT2D eigenvalue weighted by Gasteiger charge is 2.24. The first-order chi connectivity index (χ1) is 11.3. The number of aromatic amines is 1. The molecule has 0 bridgehead atoms. The molecule has 0 spiro atoms. The Morgan fingerprint density at radius 1 is 1.22 bits per heavy atom. The predicted octanol–water partition coefficient (Wildman–Crippen LogP) is 3.67. The van der Waals surface area contributed by atoms with E-state index in [-0.39, 0.29) is 5.56 Å². The largest absolute Gasteiger partial charge is 0.463 e. The number of fused-ring (bicyclic) bond motifs is 5. The van der Waals surface area contributed by atoms with E-state index in [4.69, 9.17) is 9.40 Å². The molecule has 5 rings (SSSR count). The zero-order valence-electron chi connectivity index (χ0n) is 12.3. The summed E-state index contributed by atoms with van der Waals surface area (Å²) < 4.78 is 6.24. The zero-order chi connectivity index (χ0) is 15.4. The van der Waals surface area contributed by atoms with Gasteiger partial charge in [-0.3, -0.25) is 4.79 Å². The molecule has 4 aromatic heterocycles. The number of thiophene rings is 1. The van der Waals surface area contributed by atoms with Gasteiger partial charge >= 0.3 is 0 Å². The quantitative estimate of drug-likeness (QED) is 0.580. The number of hydrogen-bond acceptors (Lipinski definition) is 5. The summed E-state index contributed by atoms with van der Waals surface area (Å²) in [5.74, 6) is 0.796. The summed E-state index contributed by atoms with van der Waals surface area (Å²) in [6.07, 6.45) is 7.46. The van der Waals surface area contributed by atoms with Crippen molar-refractivity contribution in [3.8, 4) is 11.5 Å². The van der Waals surface area contributed by atoms with Gasteiger partial charge < -0.3 is 9.40 Å². The van der Waals surface area contributed by atoms with Crippen LogP contribution in [0.4, 0.5) is 0 Å². The fourth-order valence-corrected chi connectivity index (χ4v) is 4.54. The molecule has 0 radical (unpaired) electrons. The van der Waals surface area contributed by atoms with Crippen LogP contribution in [0.3, 0.4) is 0 Å². The average Bonchev–Trinajstić information content (AvgIpc) is 3.22. The minimum atomic E-state index is -0.0953. The summed E-state index contributed by atoms with van der Waals surface area (Å²) in [6.45, 7) is 0. The van der Waals surface area contributed by atoms with Crippen LogP contribution in [0.1, 0.15) is 24.0 Å². The summed E-state index contributed by atoms with van der Waals surface area (Å²) in [5, 5.41) is 1.06. The third-order valence-corrected chi connectivity index (χ3v) is 5.56. The van der Waals surface area contributed by atoms with Crippen molar-refractivity contribution in [2.45, 2.75) is 25.7 Å². The van der Waals surface area contributed by atoms with Crippen LogP contribution >= 0.6 is 11.3 Å². The van der Waals surface area contributed by atoms with Gasteiger partial charge in [-0.25, -0.2) is 9.97 Å². The van der Waals surface area contributed by atoms with Gasteiger partial charge in [-0.15, -0.1) is 11.3 Å². The lowest BCUT2D eigenvalue weighted by Crippen LogP contribution is -2.07. The molecule has 23 heavy (non-hydrogen) atoms. The van der Waals surface area contributed by atoms with Crippen molar-refractivity contribution in [1.29, 1.82) is 0 Å². The molecule has 1 aliphatic rings. The van der Waals surface area contributed by atoms with Crippen molar-refractivity contribution in [2.75, 3.05) is 0 Å². The topological polar surface area (TPSA) is 71.8 Å². The van der Waals surface area contributed by atoms with Crippen molar-refractivity contribution in [3.63, 3.8) is 0 Å². The Kier molecular flexibility index (Phi) is 2.69. The van der Waals surface area contributed by atoms with Crippen LogP contribution in [0.25, 0.3) is 31.9 Å². The van der Waals surface area contributed by atoms with Crippen LogP contribution in [-0.2, 0) is 12.8 Å². The molecule has 0 aliphatic heterocycles. The molecule has 0 saturated heterocycles. The first-order valence-corrected chi connectivity index (χ1v) is 8.50.